The van der Waals surface area contributed by atoms with Crippen molar-refractivity contribution >= 4 is 28.2 Å². The summed E-state index contributed by atoms with van der Waals surface area (Å²) in [6, 6.07) is 13.4. The molecular formula is C20H16N2O3S. The number of esters is 1. The number of ether oxygens (including phenoxy) is 1. The minimum absolute atomic E-state index is 0.0550. The van der Waals surface area contributed by atoms with Crippen LogP contribution in [-0.4, -0.2) is 16.1 Å². The van der Waals surface area contributed by atoms with E-state index in [9.17, 15) is 4.79 Å². The van der Waals surface area contributed by atoms with Crippen molar-refractivity contribution in [1.29, 1.82) is 0 Å². The first-order chi connectivity index (χ1) is 12.6. The van der Waals surface area contributed by atoms with E-state index in [1.165, 1.54) is 0 Å². The Morgan fingerprint density at radius 3 is 2.85 bits per heavy atom. The number of hydrogen-bond acceptors (Lipinski definition) is 6. The van der Waals surface area contributed by atoms with Gasteiger partial charge < -0.3 is 9.26 Å². The molecule has 1 aromatic carbocycles. The van der Waals surface area contributed by atoms with Crippen LogP contribution in [0.15, 0.2) is 52.4 Å². The van der Waals surface area contributed by atoms with Gasteiger partial charge >= 0.3 is 5.97 Å². The molecule has 3 heterocycles. The van der Waals surface area contributed by atoms with Crippen LogP contribution in [0.1, 0.15) is 27.3 Å². The van der Waals surface area contributed by atoms with E-state index in [1.54, 1.807) is 17.4 Å². The number of fused-ring (bicyclic) bond motifs is 1. The van der Waals surface area contributed by atoms with E-state index in [0.29, 0.717) is 22.7 Å². The molecule has 0 aliphatic heterocycles. The topological polar surface area (TPSA) is 65.2 Å². The molecule has 130 valence electrons. The number of aryl methyl sites for hydroxylation is 2. The van der Waals surface area contributed by atoms with Crippen LogP contribution < -0.4 is 0 Å². The van der Waals surface area contributed by atoms with Crippen molar-refractivity contribution in [2.45, 2.75) is 20.5 Å². The van der Waals surface area contributed by atoms with Crippen LogP contribution in [0.5, 0.6) is 0 Å². The van der Waals surface area contributed by atoms with E-state index < -0.39 is 5.97 Å². The van der Waals surface area contributed by atoms with Crippen molar-refractivity contribution in [2.75, 3.05) is 0 Å². The predicted octanol–water partition coefficient (Wildman–Crippen LogP) is 4.93. The van der Waals surface area contributed by atoms with Gasteiger partial charge in [0.25, 0.3) is 0 Å². The fourth-order valence-electron chi connectivity index (χ4n) is 2.96. The number of aromatic nitrogens is 2. The molecule has 0 aliphatic rings. The molecule has 0 amide bonds. The van der Waals surface area contributed by atoms with Crippen LogP contribution in [0.25, 0.3) is 21.5 Å². The molecule has 0 radical (unpaired) electrons. The second-order valence-corrected chi connectivity index (χ2v) is 6.90. The molecule has 0 aliphatic carbocycles. The van der Waals surface area contributed by atoms with E-state index in [-0.39, 0.29) is 6.61 Å². The first kappa shape index (κ1) is 16.5. The number of pyridine rings is 1. The third kappa shape index (κ3) is 2.99. The van der Waals surface area contributed by atoms with Crippen molar-refractivity contribution in [2.24, 2.45) is 0 Å². The van der Waals surface area contributed by atoms with Gasteiger partial charge in [-0.2, -0.15) is 0 Å². The zero-order valence-corrected chi connectivity index (χ0v) is 15.2. The summed E-state index contributed by atoms with van der Waals surface area (Å²) in [6.45, 7) is 3.79. The van der Waals surface area contributed by atoms with E-state index in [1.807, 2.05) is 55.6 Å². The molecule has 4 aromatic rings. The van der Waals surface area contributed by atoms with Gasteiger partial charge in [-0.05, 0) is 36.9 Å². The molecule has 0 fully saturated rings. The molecule has 0 unspecified atom stereocenters. The standard InChI is InChI=1S/C20H16N2O3S/c1-12-15-6-3-4-7-16(15)21-13(2)19(12)20(23)24-11-14-10-17(25-22-14)18-8-5-9-26-18/h3-10H,11H2,1-2H3. The fraction of sp³-hybridized carbons (Fsp3) is 0.150. The lowest BCUT2D eigenvalue weighted by Gasteiger charge is -2.11. The van der Waals surface area contributed by atoms with Gasteiger partial charge in [-0.15, -0.1) is 11.3 Å². The number of benzene rings is 1. The van der Waals surface area contributed by atoms with Gasteiger partial charge in [0.1, 0.15) is 12.3 Å². The minimum atomic E-state index is -0.404. The van der Waals surface area contributed by atoms with Gasteiger partial charge in [0.2, 0.25) is 0 Å². The molecule has 6 heteroatoms. The van der Waals surface area contributed by atoms with Gasteiger partial charge in [0, 0.05) is 11.5 Å². The van der Waals surface area contributed by atoms with E-state index in [2.05, 4.69) is 10.1 Å². The lowest BCUT2D eigenvalue weighted by Crippen LogP contribution is -2.11. The molecule has 0 atom stereocenters. The number of nitrogens with zero attached hydrogens (tertiary/aromatic N) is 2. The van der Waals surface area contributed by atoms with Crippen molar-refractivity contribution in [3.8, 4) is 10.6 Å². The Labute approximate surface area is 154 Å². The molecule has 4 rings (SSSR count). The quantitative estimate of drug-likeness (QED) is 0.481. The highest BCUT2D eigenvalue weighted by Crippen LogP contribution is 2.26. The SMILES string of the molecule is Cc1nc2ccccc2c(C)c1C(=O)OCc1cc(-c2cccs2)on1. The summed E-state index contributed by atoms with van der Waals surface area (Å²) in [5.41, 5.74) is 3.48. The van der Waals surface area contributed by atoms with Crippen LogP contribution >= 0.6 is 11.3 Å². The number of para-hydroxylation sites is 1. The van der Waals surface area contributed by atoms with Gasteiger partial charge in [0.15, 0.2) is 5.76 Å². The average molecular weight is 364 g/mol. The zero-order valence-electron chi connectivity index (χ0n) is 14.4. The first-order valence-electron chi connectivity index (χ1n) is 8.16. The molecule has 3 aromatic heterocycles. The smallest absolute Gasteiger partial charge is 0.340 e. The second-order valence-electron chi connectivity index (χ2n) is 5.95. The zero-order chi connectivity index (χ0) is 18.1. The number of thiophene rings is 1. The highest BCUT2D eigenvalue weighted by molar-refractivity contribution is 7.13. The molecule has 0 N–H and O–H groups in total. The van der Waals surface area contributed by atoms with Gasteiger partial charge in [-0.3, -0.25) is 4.98 Å². The molecule has 0 spiro atoms. The summed E-state index contributed by atoms with van der Waals surface area (Å²) in [7, 11) is 0. The molecule has 0 bridgehead atoms. The number of carbonyl (C=O) groups is 1. The monoisotopic (exact) mass is 364 g/mol. The Bertz CT molecular complexity index is 1080. The normalized spacial score (nSPS) is 11.0. The molecule has 26 heavy (non-hydrogen) atoms. The van der Waals surface area contributed by atoms with E-state index in [0.717, 1.165) is 21.3 Å². The van der Waals surface area contributed by atoms with Crippen molar-refractivity contribution in [1.82, 2.24) is 10.1 Å². The van der Waals surface area contributed by atoms with Crippen LogP contribution in [0.3, 0.4) is 0 Å². The van der Waals surface area contributed by atoms with Crippen molar-refractivity contribution < 1.29 is 14.1 Å². The van der Waals surface area contributed by atoms with Crippen molar-refractivity contribution in [3.05, 3.63) is 70.4 Å². The van der Waals surface area contributed by atoms with Crippen LogP contribution in [0.4, 0.5) is 0 Å². The Morgan fingerprint density at radius 1 is 1.19 bits per heavy atom. The van der Waals surface area contributed by atoms with Gasteiger partial charge in [-0.25, -0.2) is 4.79 Å². The van der Waals surface area contributed by atoms with E-state index >= 15 is 0 Å². The highest BCUT2D eigenvalue weighted by Gasteiger charge is 2.18. The summed E-state index contributed by atoms with van der Waals surface area (Å²) < 4.78 is 10.8. The summed E-state index contributed by atoms with van der Waals surface area (Å²) >= 11 is 1.57. The molecular weight excluding hydrogens is 348 g/mol. The third-order valence-electron chi connectivity index (χ3n) is 4.21. The Balaban J connectivity index is 1.55. The Morgan fingerprint density at radius 2 is 2.04 bits per heavy atom. The number of carbonyl (C=O) groups excluding carboxylic acids is 1. The second kappa shape index (κ2) is 6.72. The largest absolute Gasteiger partial charge is 0.455 e. The third-order valence-corrected chi connectivity index (χ3v) is 5.10. The van der Waals surface area contributed by atoms with Gasteiger partial charge in [-0.1, -0.05) is 29.4 Å². The van der Waals surface area contributed by atoms with E-state index in [4.69, 9.17) is 9.26 Å². The number of hydrogen-bond donors (Lipinski definition) is 0. The van der Waals surface area contributed by atoms with Crippen LogP contribution in [-0.2, 0) is 11.3 Å². The average Bonchev–Trinajstić information content (AvgIpc) is 3.31. The van der Waals surface area contributed by atoms with Crippen LogP contribution in [0, 0.1) is 13.8 Å². The predicted molar refractivity (Wildman–Crippen MR) is 100 cm³/mol. The highest BCUT2D eigenvalue weighted by atomic mass is 32.1. The Kier molecular flexibility index (Phi) is 4.26. The lowest BCUT2D eigenvalue weighted by atomic mass is 10.0. The minimum Gasteiger partial charge on any atom is -0.455 e. The fourth-order valence-corrected chi connectivity index (χ4v) is 3.63. The maximum absolute atomic E-state index is 12.6. The van der Waals surface area contributed by atoms with Crippen LogP contribution in [0.2, 0.25) is 0 Å². The maximum Gasteiger partial charge on any atom is 0.340 e. The van der Waals surface area contributed by atoms with Crippen molar-refractivity contribution in [3.63, 3.8) is 0 Å². The maximum atomic E-state index is 12.6. The molecule has 0 saturated heterocycles. The summed E-state index contributed by atoms with van der Waals surface area (Å²) in [5.74, 6) is 0.268. The summed E-state index contributed by atoms with van der Waals surface area (Å²) in [6.07, 6.45) is 0. The first-order valence-corrected chi connectivity index (χ1v) is 9.04. The molecule has 0 saturated carbocycles. The Hall–Kier alpha value is -2.99. The van der Waals surface area contributed by atoms with Gasteiger partial charge in [0.05, 0.1) is 21.7 Å². The summed E-state index contributed by atoms with van der Waals surface area (Å²) in [5, 5.41) is 6.89. The number of rotatable bonds is 4. The lowest BCUT2D eigenvalue weighted by molar-refractivity contribution is 0.0462. The molecule has 5 nitrogen and oxygen atoms in total. The summed E-state index contributed by atoms with van der Waals surface area (Å²) in [4.78, 5) is 18.1.